The fraction of sp³-hybridized carbons (Fsp3) is 0.143. The number of hydrogen-bond acceptors (Lipinski definition) is 3. The lowest BCUT2D eigenvalue weighted by Gasteiger charge is -1.98. The molecule has 0 atom stereocenters. The molecule has 0 bridgehead atoms. The van der Waals surface area contributed by atoms with Crippen molar-refractivity contribution in [1.82, 2.24) is 9.38 Å². The van der Waals surface area contributed by atoms with Crippen LogP contribution in [0.3, 0.4) is 0 Å². The molecule has 3 nitrogen and oxygen atoms in total. The average Bonchev–Trinajstić information content (AvgIpc) is 3.00. The summed E-state index contributed by atoms with van der Waals surface area (Å²) >= 11 is 1.70. The van der Waals surface area contributed by atoms with Gasteiger partial charge < -0.3 is 0 Å². The summed E-state index contributed by atoms with van der Waals surface area (Å²) in [6, 6.07) is 9.74. The van der Waals surface area contributed by atoms with Crippen LogP contribution in [0.4, 0.5) is 0 Å². The topological polar surface area (TPSA) is 41.1 Å². The van der Waals surface area contributed by atoms with E-state index in [2.05, 4.69) is 27.8 Å². The molecule has 2 heterocycles. The van der Waals surface area contributed by atoms with Gasteiger partial charge in [-0.25, -0.2) is 4.98 Å². The molecule has 0 spiro atoms. The molecule has 0 saturated heterocycles. The van der Waals surface area contributed by atoms with Gasteiger partial charge in [0.05, 0.1) is 17.3 Å². The summed E-state index contributed by atoms with van der Waals surface area (Å²) in [4.78, 5) is 5.87. The van der Waals surface area contributed by atoms with Gasteiger partial charge in [0.2, 0.25) is 0 Å². The molecule has 0 aliphatic rings. The average molecular weight is 253 g/mol. The highest BCUT2D eigenvalue weighted by Gasteiger charge is 2.12. The fourth-order valence-electron chi connectivity index (χ4n) is 2.05. The first kappa shape index (κ1) is 11.0. The van der Waals surface area contributed by atoms with E-state index in [1.54, 1.807) is 11.3 Å². The maximum Gasteiger partial charge on any atom is 0.145 e. The van der Waals surface area contributed by atoms with Crippen molar-refractivity contribution >= 4 is 16.2 Å². The Balaban J connectivity index is 2.25. The van der Waals surface area contributed by atoms with Gasteiger partial charge in [-0.15, -0.1) is 11.3 Å². The first-order valence-electron chi connectivity index (χ1n) is 5.78. The van der Waals surface area contributed by atoms with Gasteiger partial charge in [-0.1, -0.05) is 19.1 Å². The van der Waals surface area contributed by atoms with E-state index in [1.807, 2.05) is 30.5 Å². The van der Waals surface area contributed by atoms with Crippen LogP contribution in [0.25, 0.3) is 16.2 Å². The SMILES string of the molecule is CCc1nc(-c2cccc(C#N)c2)n2ccsc12. The van der Waals surface area contributed by atoms with Crippen LogP contribution in [0, 0.1) is 11.3 Å². The molecule has 88 valence electrons. The molecule has 0 N–H and O–H groups in total. The third-order valence-electron chi connectivity index (χ3n) is 2.91. The molecule has 3 aromatic rings. The molecule has 0 amide bonds. The predicted octanol–water partition coefficient (Wildman–Crippen LogP) is 3.50. The summed E-state index contributed by atoms with van der Waals surface area (Å²) in [5, 5.41) is 11.0. The first-order valence-corrected chi connectivity index (χ1v) is 6.66. The van der Waals surface area contributed by atoms with E-state index in [0.717, 1.165) is 23.5 Å². The molecular formula is C14H11N3S. The molecule has 0 aliphatic carbocycles. The highest BCUT2D eigenvalue weighted by atomic mass is 32.1. The van der Waals surface area contributed by atoms with Crippen LogP contribution >= 0.6 is 11.3 Å². The van der Waals surface area contributed by atoms with Crippen LogP contribution in [0.5, 0.6) is 0 Å². The largest absolute Gasteiger partial charge is 0.290 e. The summed E-state index contributed by atoms with van der Waals surface area (Å²) < 4.78 is 2.10. The van der Waals surface area contributed by atoms with Crippen molar-refractivity contribution in [2.75, 3.05) is 0 Å². The smallest absolute Gasteiger partial charge is 0.145 e. The number of rotatable bonds is 2. The summed E-state index contributed by atoms with van der Waals surface area (Å²) in [6.07, 6.45) is 2.95. The van der Waals surface area contributed by atoms with Gasteiger partial charge in [-0.3, -0.25) is 4.40 Å². The van der Waals surface area contributed by atoms with E-state index in [4.69, 9.17) is 5.26 Å². The van der Waals surface area contributed by atoms with E-state index in [9.17, 15) is 0 Å². The van der Waals surface area contributed by atoms with E-state index < -0.39 is 0 Å². The third kappa shape index (κ3) is 1.60. The van der Waals surface area contributed by atoms with Crippen molar-refractivity contribution in [3.05, 3.63) is 47.1 Å². The maximum absolute atomic E-state index is 8.96. The van der Waals surface area contributed by atoms with Crippen molar-refractivity contribution in [1.29, 1.82) is 5.26 Å². The monoisotopic (exact) mass is 253 g/mol. The van der Waals surface area contributed by atoms with Crippen molar-refractivity contribution in [2.24, 2.45) is 0 Å². The Morgan fingerprint density at radius 1 is 1.44 bits per heavy atom. The molecule has 0 fully saturated rings. The minimum atomic E-state index is 0.664. The van der Waals surface area contributed by atoms with Gasteiger partial charge in [-0.2, -0.15) is 5.26 Å². The quantitative estimate of drug-likeness (QED) is 0.701. The number of aromatic nitrogens is 2. The molecule has 0 radical (unpaired) electrons. The molecule has 0 aliphatic heterocycles. The lowest BCUT2D eigenvalue weighted by Crippen LogP contribution is -1.87. The van der Waals surface area contributed by atoms with Crippen LogP contribution < -0.4 is 0 Å². The number of hydrogen-bond donors (Lipinski definition) is 0. The Kier molecular flexibility index (Phi) is 2.62. The zero-order chi connectivity index (χ0) is 12.5. The normalized spacial score (nSPS) is 10.7. The lowest BCUT2D eigenvalue weighted by molar-refractivity contribution is 1.08. The predicted molar refractivity (Wildman–Crippen MR) is 72.6 cm³/mol. The minimum absolute atomic E-state index is 0.664. The summed E-state index contributed by atoms with van der Waals surface area (Å²) in [7, 11) is 0. The molecule has 4 heteroatoms. The Morgan fingerprint density at radius 2 is 2.33 bits per heavy atom. The zero-order valence-electron chi connectivity index (χ0n) is 9.92. The van der Waals surface area contributed by atoms with Gasteiger partial charge in [-0.05, 0) is 18.6 Å². The van der Waals surface area contributed by atoms with Crippen LogP contribution in [0.1, 0.15) is 18.2 Å². The number of imidazole rings is 1. The van der Waals surface area contributed by atoms with Gasteiger partial charge in [0.1, 0.15) is 10.7 Å². The summed E-state index contributed by atoms with van der Waals surface area (Å²) in [5.74, 6) is 0.917. The van der Waals surface area contributed by atoms with Crippen LogP contribution in [-0.4, -0.2) is 9.38 Å². The number of nitrogens with zero attached hydrogens (tertiary/aromatic N) is 3. The second kappa shape index (κ2) is 4.28. The second-order valence-corrected chi connectivity index (χ2v) is 4.90. The minimum Gasteiger partial charge on any atom is -0.290 e. The summed E-state index contributed by atoms with van der Waals surface area (Å²) in [6.45, 7) is 2.11. The van der Waals surface area contributed by atoms with Crippen molar-refractivity contribution in [2.45, 2.75) is 13.3 Å². The van der Waals surface area contributed by atoms with E-state index >= 15 is 0 Å². The Labute approximate surface area is 109 Å². The Bertz CT molecular complexity index is 746. The number of nitriles is 1. The number of aryl methyl sites for hydroxylation is 1. The van der Waals surface area contributed by atoms with Crippen molar-refractivity contribution in [3.63, 3.8) is 0 Å². The van der Waals surface area contributed by atoms with E-state index in [-0.39, 0.29) is 0 Å². The van der Waals surface area contributed by atoms with Crippen LogP contribution in [-0.2, 0) is 6.42 Å². The second-order valence-electron chi connectivity index (χ2n) is 4.01. The van der Waals surface area contributed by atoms with Crippen molar-refractivity contribution in [3.8, 4) is 17.5 Å². The molecule has 0 saturated carbocycles. The van der Waals surface area contributed by atoms with E-state index in [0.29, 0.717) is 5.56 Å². The van der Waals surface area contributed by atoms with Crippen molar-refractivity contribution < 1.29 is 0 Å². The maximum atomic E-state index is 8.96. The molecule has 18 heavy (non-hydrogen) atoms. The number of thiazole rings is 1. The van der Waals surface area contributed by atoms with Crippen LogP contribution in [0.2, 0.25) is 0 Å². The molecule has 0 unspecified atom stereocenters. The van der Waals surface area contributed by atoms with Crippen LogP contribution in [0.15, 0.2) is 35.8 Å². The first-order chi connectivity index (χ1) is 8.83. The lowest BCUT2D eigenvalue weighted by atomic mass is 10.1. The number of fused-ring (bicyclic) bond motifs is 1. The highest BCUT2D eigenvalue weighted by molar-refractivity contribution is 7.15. The molecule has 2 aromatic heterocycles. The van der Waals surface area contributed by atoms with Gasteiger partial charge in [0, 0.05) is 17.1 Å². The summed E-state index contributed by atoms with van der Waals surface area (Å²) in [5.41, 5.74) is 2.77. The van der Waals surface area contributed by atoms with Gasteiger partial charge >= 0.3 is 0 Å². The third-order valence-corrected chi connectivity index (χ3v) is 3.82. The van der Waals surface area contributed by atoms with Gasteiger partial charge in [0.15, 0.2) is 0 Å². The van der Waals surface area contributed by atoms with Gasteiger partial charge in [0.25, 0.3) is 0 Å². The highest BCUT2D eigenvalue weighted by Crippen LogP contribution is 2.26. The molecular weight excluding hydrogens is 242 g/mol. The molecule has 1 aromatic carbocycles. The Morgan fingerprint density at radius 3 is 3.11 bits per heavy atom. The van der Waals surface area contributed by atoms with E-state index in [1.165, 1.54) is 4.83 Å². The Hall–Kier alpha value is -2.12. The molecule has 3 rings (SSSR count). The number of benzene rings is 1. The zero-order valence-corrected chi connectivity index (χ0v) is 10.7. The fourth-order valence-corrected chi connectivity index (χ4v) is 2.94. The standard InChI is InChI=1S/C14H11N3S/c1-2-12-14-17(6-7-18-14)13(16-12)11-5-3-4-10(8-11)9-15/h3-8H,2H2,1H3.